The van der Waals surface area contributed by atoms with E-state index in [2.05, 4.69) is 21.9 Å². The van der Waals surface area contributed by atoms with Crippen molar-refractivity contribution < 1.29 is 13.5 Å². The molecule has 0 bridgehead atoms. The molecule has 1 fully saturated rings. The molecule has 2 rings (SSSR count). The molecule has 0 aromatic heterocycles. The van der Waals surface area contributed by atoms with Gasteiger partial charge in [-0.1, -0.05) is 12.1 Å². The van der Waals surface area contributed by atoms with Crippen molar-refractivity contribution in [1.29, 1.82) is 0 Å². The molecule has 118 valence electrons. The van der Waals surface area contributed by atoms with E-state index < -0.39 is 6.61 Å². The van der Waals surface area contributed by atoms with E-state index in [-0.39, 0.29) is 5.75 Å². The van der Waals surface area contributed by atoms with E-state index in [1.165, 1.54) is 12.8 Å². The van der Waals surface area contributed by atoms with Crippen molar-refractivity contribution in [3.05, 3.63) is 29.8 Å². The second-order valence-electron chi connectivity index (χ2n) is 5.68. The topological polar surface area (TPSA) is 24.5 Å². The lowest BCUT2D eigenvalue weighted by molar-refractivity contribution is -0.0498. The Morgan fingerprint density at radius 3 is 2.67 bits per heavy atom. The van der Waals surface area contributed by atoms with E-state index in [1.807, 2.05) is 19.2 Å². The van der Waals surface area contributed by atoms with Crippen LogP contribution in [0.4, 0.5) is 8.78 Å². The lowest BCUT2D eigenvalue weighted by Crippen LogP contribution is -2.40. The lowest BCUT2D eigenvalue weighted by Gasteiger charge is -2.37. The Labute approximate surface area is 125 Å². The molecule has 1 N–H and O–H groups in total. The van der Waals surface area contributed by atoms with E-state index in [1.54, 1.807) is 12.1 Å². The molecule has 2 unspecified atom stereocenters. The third kappa shape index (κ3) is 4.64. The number of rotatable bonds is 6. The Hall–Kier alpha value is -1.20. The first kappa shape index (κ1) is 16.2. The monoisotopic (exact) mass is 298 g/mol. The van der Waals surface area contributed by atoms with Gasteiger partial charge in [-0.25, -0.2) is 0 Å². The Bertz CT molecular complexity index is 423. The number of hydrogen-bond donors (Lipinski definition) is 1. The lowest BCUT2D eigenvalue weighted by atomic mass is 9.95. The van der Waals surface area contributed by atoms with Gasteiger partial charge in [0.15, 0.2) is 0 Å². The second-order valence-corrected chi connectivity index (χ2v) is 5.68. The van der Waals surface area contributed by atoms with Crippen LogP contribution in [0.15, 0.2) is 24.3 Å². The summed E-state index contributed by atoms with van der Waals surface area (Å²) in [7, 11) is 1.99. The first-order chi connectivity index (χ1) is 10.1. The summed E-state index contributed by atoms with van der Waals surface area (Å²) in [5, 5.41) is 3.25. The molecular weight excluding hydrogens is 274 g/mol. The van der Waals surface area contributed by atoms with Crippen LogP contribution in [0.25, 0.3) is 0 Å². The molecule has 1 aliphatic rings. The van der Waals surface area contributed by atoms with Gasteiger partial charge in [0.05, 0.1) is 0 Å². The summed E-state index contributed by atoms with van der Waals surface area (Å²) in [6.45, 7) is 2.63. The molecule has 0 aliphatic carbocycles. The van der Waals surface area contributed by atoms with Gasteiger partial charge in [0.1, 0.15) is 5.75 Å². The minimum absolute atomic E-state index is 0.215. The first-order valence-corrected chi connectivity index (χ1v) is 7.53. The number of nitrogens with zero attached hydrogens (tertiary/aromatic N) is 1. The highest BCUT2D eigenvalue weighted by Crippen LogP contribution is 2.27. The number of alkyl halides is 2. The molecule has 0 spiro atoms. The highest BCUT2D eigenvalue weighted by molar-refractivity contribution is 5.29. The largest absolute Gasteiger partial charge is 0.435 e. The van der Waals surface area contributed by atoms with Gasteiger partial charge in [-0.2, -0.15) is 8.78 Å². The number of ether oxygens (including phenoxy) is 1. The van der Waals surface area contributed by atoms with E-state index in [4.69, 9.17) is 0 Å². The summed E-state index contributed by atoms with van der Waals surface area (Å²) in [6, 6.07) is 7.29. The SMILES string of the molecule is CNCC1CCCN(C(C)c2ccc(OC(F)F)cc2)C1. The van der Waals surface area contributed by atoms with Gasteiger partial charge in [0.2, 0.25) is 0 Å². The Balaban J connectivity index is 1.97. The standard InChI is InChI=1S/C16H24F2N2O/c1-12(20-9-3-4-13(11-20)10-19-2)14-5-7-15(8-6-14)21-16(17)18/h5-8,12-13,16,19H,3-4,9-11H2,1-2H3. The molecule has 1 heterocycles. The number of piperidine rings is 1. The number of benzene rings is 1. The maximum Gasteiger partial charge on any atom is 0.387 e. The zero-order valence-corrected chi connectivity index (χ0v) is 12.7. The zero-order valence-electron chi connectivity index (χ0n) is 12.7. The molecule has 3 nitrogen and oxygen atoms in total. The number of hydrogen-bond acceptors (Lipinski definition) is 3. The number of halogens is 2. The van der Waals surface area contributed by atoms with Gasteiger partial charge >= 0.3 is 6.61 Å². The molecule has 1 aliphatic heterocycles. The highest BCUT2D eigenvalue weighted by Gasteiger charge is 2.23. The van der Waals surface area contributed by atoms with Gasteiger partial charge in [-0.05, 0) is 63.5 Å². The maximum atomic E-state index is 12.1. The second kappa shape index (κ2) is 7.71. The summed E-state index contributed by atoms with van der Waals surface area (Å²) in [6.07, 6.45) is 2.48. The molecule has 2 atom stereocenters. The van der Waals surface area contributed by atoms with Gasteiger partial charge in [0.25, 0.3) is 0 Å². The molecule has 21 heavy (non-hydrogen) atoms. The van der Waals surface area contributed by atoms with Crippen molar-refractivity contribution >= 4 is 0 Å². The normalized spacial score (nSPS) is 21.5. The van der Waals surface area contributed by atoms with Gasteiger partial charge in [-0.3, -0.25) is 4.90 Å². The van der Waals surface area contributed by atoms with E-state index in [0.717, 1.165) is 25.2 Å². The predicted octanol–water partition coefficient (Wildman–Crippen LogP) is 3.28. The Morgan fingerprint density at radius 1 is 1.33 bits per heavy atom. The highest BCUT2D eigenvalue weighted by atomic mass is 19.3. The molecular formula is C16H24F2N2O. The molecule has 1 aromatic carbocycles. The fraction of sp³-hybridized carbons (Fsp3) is 0.625. The summed E-state index contributed by atoms with van der Waals surface area (Å²) >= 11 is 0. The minimum Gasteiger partial charge on any atom is -0.435 e. The van der Waals surface area contributed by atoms with Crippen molar-refractivity contribution in [3.63, 3.8) is 0 Å². The van der Waals surface area contributed by atoms with E-state index in [0.29, 0.717) is 12.0 Å². The summed E-state index contributed by atoms with van der Waals surface area (Å²) in [5.74, 6) is 0.903. The first-order valence-electron chi connectivity index (χ1n) is 7.53. The Kier molecular flexibility index (Phi) is 5.94. The summed E-state index contributed by atoms with van der Waals surface area (Å²) in [4.78, 5) is 2.47. The van der Waals surface area contributed by atoms with Crippen molar-refractivity contribution in [2.45, 2.75) is 32.4 Å². The van der Waals surface area contributed by atoms with Crippen molar-refractivity contribution in [3.8, 4) is 5.75 Å². The molecule has 1 saturated heterocycles. The fourth-order valence-corrected chi connectivity index (χ4v) is 3.04. The van der Waals surface area contributed by atoms with Crippen molar-refractivity contribution in [2.75, 3.05) is 26.7 Å². The van der Waals surface area contributed by atoms with Crippen LogP contribution >= 0.6 is 0 Å². The van der Waals surface area contributed by atoms with Gasteiger partial charge in [0, 0.05) is 12.6 Å². The Morgan fingerprint density at radius 2 is 2.05 bits per heavy atom. The number of nitrogens with one attached hydrogen (secondary N) is 1. The van der Waals surface area contributed by atoms with Crippen LogP contribution in [0.3, 0.4) is 0 Å². The molecule has 0 amide bonds. The fourth-order valence-electron chi connectivity index (χ4n) is 3.04. The molecule has 5 heteroatoms. The van der Waals surface area contributed by atoms with Gasteiger partial charge < -0.3 is 10.1 Å². The maximum absolute atomic E-state index is 12.1. The third-order valence-corrected chi connectivity index (χ3v) is 4.18. The quantitative estimate of drug-likeness (QED) is 0.872. The molecule has 0 radical (unpaired) electrons. The van der Waals surface area contributed by atoms with Crippen LogP contribution in [0.5, 0.6) is 5.75 Å². The molecule has 1 aromatic rings. The molecule has 0 saturated carbocycles. The summed E-state index contributed by atoms with van der Waals surface area (Å²) < 4.78 is 28.7. The average molecular weight is 298 g/mol. The van der Waals surface area contributed by atoms with Crippen LogP contribution in [0.2, 0.25) is 0 Å². The summed E-state index contributed by atoms with van der Waals surface area (Å²) in [5.41, 5.74) is 1.14. The average Bonchev–Trinajstić information content (AvgIpc) is 2.47. The van der Waals surface area contributed by atoms with Crippen molar-refractivity contribution in [2.24, 2.45) is 5.92 Å². The third-order valence-electron chi connectivity index (χ3n) is 4.18. The van der Waals surface area contributed by atoms with Crippen LogP contribution < -0.4 is 10.1 Å². The van der Waals surface area contributed by atoms with Crippen LogP contribution in [-0.2, 0) is 0 Å². The smallest absolute Gasteiger partial charge is 0.387 e. The number of likely N-dealkylation sites (tertiary alicyclic amines) is 1. The van der Waals surface area contributed by atoms with Crippen LogP contribution in [-0.4, -0.2) is 38.2 Å². The predicted molar refractivity (Wildman–Crippen MR) is 79.7 cm³/mol. The van der Waals surface area contributed by atoms with Crippen LogP contribution in [0, 0.1) is 5.92 Å². The zero-order chi connectivity index (χ0) is 15.2. The minimum atomic E-state index is -2.77. The van der Waals surface area contributed by atoms with Gasteiger partial charge in [-0.15, -0.1) is 0 Å². The van der Waals surface area contributed by atoms with Crippen molar-refractivity contribution in [1.82, 2.24) is 10.2 Å². The van der Waals surface area contributed by atoms with E-state index in [9.17, 15) is 8.78 Å². The van der Waals surface area contributed by atoms with Crippen LogP contribution in [0.1, 0.15) is 31.4 Å². The van der Waals surface area contributed by atoms with E-state index >= 15 is 0 Å².